The Morgan fingerprint density at radius 1 is 0.333 bits per heavy atom. The van der Waals surface area contributed by atoms with Crippen molar-refractivity contribution in [2.75, 3.05) is 9.80 Å². The van der Waals surface area contributed by atoms with Crippen LogP contribution in [0, 0.1) is 0 Å². The Labute approximate surface area is 409 Å². The molecule has 2 aliphatic heterocycles. The number of benzene rings is 11. The largest absolute Gasteiger partial charge is 0.309 e. The summed E-state index contributed by atoms with van der Waals surface area (Å²) >= 11 is 4.00. The maximum absolute atomic E-state index is 2.69. The van der Waals surface area contributed by atoms with Crippen molar-refractivity contribution < 1.29 is 0 Å². The number of nitrogens with zero attached hydrogens (tertiary/aromatic N) is 2. The fourth-order valence-electron chi connectivity index (χ4n) is 12.4. The number of hydrogen-bond donors (Lipinski definition) is 0. The summed E-state index contributed by atoms with van der Waals surface area (Å²) in [6.07, 6.45) is 0. The molecular formula is C64H45BN2S2. The molecule has 0 saturated heterocycles. The predicted octanol–water partition coefficient (Wildman–Crippen LogP) is 17.4. The van der Waals surface area contributed by atoms with Gasteiger partial charge in [-0.15, -0.1) is 22.7 Å². The van der Waals surface area contributed by atoms with Crippen LogP contribution in [0.25, 0.3) is 84.8 Å². The van der Waals surface area contributed by atoms with E-state index in [1.807, 2.05) is 22.7 Å². The SMILES string of the molecule is CC(C)c1ccc2sc3c(c2c1)N(c1cccc2c4ccccc4c4ccccc4c12)c1cccc2c1B3c1sc3ccc(C(C)C)cc3c1N2c1cccc2c3ccccc3c3ccccc3c12. The van der Waals surface area contributed by atoms with Crippen LogP contribution in [-0.4, -0.2) is 6.71 Å². The minimum absolute atomic E-state index is 0.0357. The van der Waals surface area contributed by atoms with E-state index in [-0.39, 0.29) is 6.71 Å². The zero-order chi connectivity index (χ0) is 45.8. The van der Waals surface area contributed by atoms with Gasteiger partial charge in [0.1, 0.15) is 0 Å². The average Bonchev–Trinajstić information content (AvgIpc) is 3.97. The highest BCUT2D eigenvalue weighted by molar-refractivity contribution is 7.40. The van der Waals surface area contributed by atoms with E-state index < -0.39 is 0 Å². The standard InChI is InChI=1S/C64H45BN2S2/c1-36(2)38-30-32-56-50(34-38)61-63(68-56)65-60-54(66(61)52-26-13-24-48-44-18-7-5-16-40(44)42-20-9-11-22-46(42)58(48)52)28-15-29-55(60)67(62-51-35-39(37(3)4)31-33-57(51)69-64(62)65)53-27-14-25-49-45-19-8-6-17-41(45)43-21-10-12-23-47(43)59(49)53/h5-37H,1-4H3. The van der Waals surface area contributed by atoms with Crippen LogP contribution < -0.4 is 24.8 Å². The summed E-state index contributed by atoms with van der Waals surface area (Å²) in [4.78, 5) is 5.38. The molecule has 0 unspecified atom stereocenters. The van der Waals surface area contributed by atoms with E-state index in [9.17, 15) is 0 Å². The summed E-state index contributed by atoms with van der Waals surface area (Å²) < 4.78 is 5.50. The highest BCUT2D eigenvalue weighted by Gasteiger charge is 2.47. The first-order valence-electron chi connectivity index (χ1n) is 24.4. The summed E-state index contributed by atoms with van der Waals surface area (Å²) in [5.41, 5.74) is 11.7. The lowest BCUT2D eigenvalue weighted by Gasteiger charge is -2.42. The molecule has 0 amide bonds. The molecule has 2 aromatic heterocycles. The van der Waals surface area contributed by atoms with Crippen molar-refractivity contribution in [2.24, 2.45) is 0 Å². The first-order valence-corrected chi connectivity index (χ1v) is 26.1. The van der Waals surface area contributed by atoms with Crippen LogP contribution >= 0.6 is 22.7 Å². The third kappa shape index (κ3) is 5.38. The van der Waals surface area contributed by atoms with Gasteiger partial charge in [0.15, 0.2) is 0 Å². The summed E-state index contributed by atoms with van der Waals surface area (Å²) in [5.74, 6) is 0.797. The smallest absolute Gasteiger partial charge is 0.277 e. The summed E-state index contributed by atoms with van der Waals surface area (Å²) in [6, 6.07) is 71.9. The van der Waals surface area contributed by atoms with Crippen LogP contribution in [0.15, 0.2) is 188 Å². The lowest BCUT2D eigenvalue weighted by atomic mass is 9.39. The Kier molecular flexibility index (Phi) is 8.33. The van der Waals surface area contributed by atoms with Gasteiger partial charge < -0.3 is 9.80 Å². The van der Waals surface area contributed by atoms with Crippen LogP contribution in [0.4, 0.5) is 34.1 Å². The zero-order valence-corrected chi connectivity index (χ0v) is 40.5. The van der Waals surface area contributed by atoms with Crippen molar-refractivity contribution in [3.05, 3.63) is 199 Å². The van der Waals surface area contributed by atoms with E-state index >= 15 is 0 Å². The fraction of sp³-hybridized carbons (Fsp3) is 0.0938. The number of thiophene rings is 2. The average molecular weight is 917 g/mol. The van der Waals surface area contributed by atoms with Crippen molar-refractivity contribution in [1.29, 1.82) is 0 Å². The van der Waals surface area contributed by atoms with E-state index in [2.05, 4.69) is 226 Å². The van der Waals surface area contributed by atoms with Crippen LogP contribution in [0.1, 0.15) is 50.7 Å². The first-order chi connectivity index (χ1) is 33.9. The molecule has 0 bridgehead atoms. The van der Waals surface area contributed by atoms with E-state index in [1.54, 1.807) is 0 Å². The van der Waals surface area contributed by atoms with Gasteiger partial charge in [0.2, 0.25) is 0 Å². The Balaban J connectivity index is 1.12. The van der Waals surface area contributed by atoms with Crippen LogP contribution in [0.2, 0.25) is 0 Å². The van der Waals surface area contributed by atoms with E-state index in [4.69, 9.17) is 0 Å². The third-order valence-electron chi connectivity index (χ3n) is 15.5. The molecule has 69 heavy (non-hydrogen) atoms. The number of fused-ring (bicyclic) bond motifs is 20. The molecule has 0 fully saturated rings. The molecule has 11 aromatic carbocycles. The van der Waals surface area contributed by atoms with E-state index in [0.717, 1.165) is 0 Å². The van der Waals surface area contributed by atoms with Gasteiger partial charge in [-0.05, 0) is 131 Å². The minimum Gasteiger partial charge on any atom is -0.309 e. The molecule has 0 spiro atoms. The Morgan fingerprint density at radius 3 is 1.03 bits per heavy atom. The molecule has 326 valence electrons. The zero-order valence-electron chi connectivity index (χ0n) is 38.8. The second-order valence-electron chi connectivity index (χ2n) is 19.8. The minimum atomic E-state index is 0.0357. The van der Waals surface area contributed by atoms with Crippen LogP contribution in [-0.2, 0) is 0 Å². The topological polar surface area (TPSA) is 6.48 Å². The van der Waals surface area contributed by atoms with E-state index in [0.29, 0.717) is 11.8 Å². The molecule has 0 saturated carbocycles. The molecule has 0 aliphatic carbocycles. The van der Waals surface area contributed by atoms with Crippen LogP contribution in [0.3, 0.4) is 0 Å². The molecule has 2 nitrogen and oxygen atoms in total. The molecule has 15 rings (SSSR count). The quantitative estimate of drug-likeness (QED) is 0.128. The number of anilines is 6. The van der Waals surface area contributed by atoms with Crippen molar-refractivity contribution >= 4 is 163 Å². The van der Waals surface area contributed by atoms with Gasteiger partial charge >= 0.3 is 0 Å². The summed E-state index contributed by atoms with van der Waals surface area (Å²) in [6.45, 7) is 9.33. The van der Waals surface area contributed by atoms with Crippen LogP contribution in [0.5, 0.6) is 0 Å². The molecular weight excluding hydrogens is 872 g/mol. The summed E-state index contributed by atoms with van der Waals surface area (Å²) in [7, 11) is 0. The molecule has 0 N–H and O–H groups in total. The lowest BCUT2D eigenvalue weighted by molar-refractivity contribution is 0.869. The van der Waals surface area contributed by atoms with Gasteiger partial charge in [-0.1, -0.05) is 167 Å². The number of hydrogen-bond acceptors (Lipinski definition) is 4. The van der Waals surface area contributed by atoms with Crippen molar-refractivity contribution in [2.45, 2.75) is 39.5 Å². The second-order valence-corrected chi connectivity index (χ2v) is 22.0. The monoisotopic (exact) mass is 916 g/mol. The first kappa shape index (κ1) is 39.5. The summed E-state index contributed by atoms with van der Waals surface area (Å²) in [5, 5.41) is 18.1. The Morgan fingerprint density at radius 2 is 0.652 bits per heavy atom. The van der Waals surface area contributed by atoms with Crippen molar-refractivity contribution in [3.8, 4) is 0 Å². The Hall–Kier alpha value is -7.44. The molecule has 0 atom stereocenters. The van der Waals surface area contributed by atoms with Gasteiger partial charge in [0.25, 0.3) is 6.71 Å². The van der Waals surface area contributed by atoms with Gasteiger partial charge in [-0.25, -0.2) is 0 Å². The molecule has 4 heterocycles. The maximum atomic E-state index is 2.69. The van der Waals surface area contributed by atoms with Crippen molar-refractivity contribution in [1.82, 2.24) is 0 Å². The third-order valence-corrected chi connectivity index (χ3v) is 18.0. The Bertz CT molecular complexity index is 4000. The lowest BCUT2D eigenvalue weighted by Crippen LogP contribution is -2.59. The molecule has 5 heteroatoms. The predicted molar refractivity (Wildman–Crippen MR) is 304 cm³/mol. The van der Waals surface area contributed by atoms with Gasteiger partial charge in [0.05, 0.1) is 22.7 Å². The fourth-order valence-corrected chi connectivity index (χ4v) is 15.1. The molecule has 0 radical (unpaired) electrons. The second kappa shape index (κ2) is 14.5. The molecule has 2 aliphatic rings. The van der Waals surface area contributed by atoms with Gasteiger partial charge in [0, 0.05) is 51.9 Å². The van der Waals surface area contributed by atoms with Gasteiger partial charge in [-0.3, -0.25) is 0 Å². The van der Waals surface area contributed by atoms with Crippen molar-refractivity contribution in [3.63, 3.8) is 0 Å². The highest BCUT2D eigenvalue weighted by Crippen LogP contribution is 2.54. The number of rotatable bonds is 4. The van der Waals surface area contributed by atoms with E-state index in [1.165, 1.54) is 145 Å². The van der Waals surface area contributed by atoms with Gasteiger partial charge in [-0.2, -0.15) is 0 Å². The normalized spacial score (nSPS) is 13.4. The molecule has 13 aromatic rings. The highest BCUT2D eigenvalue weighted by atomic mass is 32.1. The maximum Gasteiger partial charge on any atom is 0.277 e.